The van der Waals surface area contributed by atoms with Gasteiger partial charge in [0.05, 0.1) is 14.2 Å². The molecule has 0 bridgehead atoms. The summed E-state index contributed by atoms with van der Waals surface area (Å²) in [6, 6.07) is 8.80. The van der Waals surface area contributed by atoms with Gasteiger partial charge in [-0.2, -0.15) is 0 Å². The molecule has 3 rings (SSSR count). The minimum absolute atomic E-state index is 0.223. The fourth-order valence-corrected chi connectivity index (χ4v) is 2.80. The number of ether oxygens (including phenoxy) is 3. The molecule has 0 unspecified atom stereocenters. The fraction of sp³-hybridized carbons (Fsp3) is 0.222. The van der Waals surface area contributed by atoms with Gasteiger partial charge in [-0.05, 0) is 23.8 Å². The van der Waals surface area contributed by atoms with E-state index in [0.29, 0.717) is 17.1 Å². The lowest BCUT2D eigenvalue weighted by molar-refractivity contribution is -0.0104. The van der Waals surface area contributed by atoms with Crippen molar-refractivity contribution in [2.75, 3.05) is 14.2 Å². The van der Waals surface area contributed by atoms with Crippen molar-refractivity contribution in [2.24, 2.45) is 0 Å². The number of methoxy groups -OCH3 is 2. The lowest BCUT2D eigenvalue weighted by Crippen LogP contribution is -2.11. The van der Waals surface area contributed by atoms with Gasteiger partial charge in [-0.25, -0.2) is 4.79 Å². The molecule has 130 valence electrons. The number of carbonyl (C=O) groups excluding carboxylic acids is 1. The van der Waals surface area contributed by atoms with E-state index in [1.165, 1.54) is 26.4 Å². The van der Waals surface area contributed by atoms with E-state index in [0.717, 1.165) is 6.07 Å². The standard InChI is InChI=1S/C18H16O7/c1-23-12-7-6-9(8-13(12)24-2)15(20)17-10-4-3-5-11(19)16(21)14(10)18(22)25-17/h3-8,15,17,20H,1-2H3,(H,19,21)/t15-,17+/m0/s1. The molecule has 1 aliphatic heterocycles. The zero-order valence-corrected chi connectivity index (χ0v) is 13.6. The normalized spacial score (nSPS) is 16.8. The molecule has 0 saturated heterocycles. The summed E-state index contributed by atoms with van der Waals surface area (Å²) in [4.78, 5) is 23.7. The Morgan fingerprint density at radius 2 is 1.80 bits per heavy atom. The number of fused-ring (bicyclic) bond motifs is 1. The summed E-state index contributed by atoms with van der Waals surface area (Å²) in [6.45, 7) is 0. The average Bonchev–Trinajstić information content (AvgIpc) is 2.87. The van der Waals surface area contributed by atoms with Gasteiger partial charge in [-0.3, -0.25) is 4.79 Å². The van der Waals surface area contributed by atoms with E-state index in [4.69, 9.17) is 14.2 Å². The van der Waals surface area contributed by atoms with Crippen LogP contribution in [0.5, 0.6) is 17.2 Å². The number of aliphatic hydroxyl groups excluding tert-OH is 1. The molecule has 7 nitrogen and oxygen atoms in total. The number of cyclic esters (lactones) is 1. The second-order valence-electron chi connectivity index (χ2n) is 5.45. The van der Waals surface area contributed by atoms with Crippen molar-refractivity contribution in [3.8, 4) is 17.2 Å². The first-order valence-electron chi connectivity index (χ1n) is 7.45. The second-order valence-corrected chi connectivity index (χ2v) is 5.45. The first-order valence-corrected chi connectivity index (χ1v) is 7.45. The van der Waals surface area contributed by atoms with Gasteiger partial charge in [0, 0.05) is 5.56 Å². The van der Waals surface area contributed by atoms with Gasteiger partial charge in [0.25, 0.3) is 0 Å². The van der Waals surface area contributed by atoms with Crippen LogP contribution in [0, 0.1) is 0 Å². The quantitative estimate of drug-likeness (QED) is 0.814. The second kappa shape index (κ2) is 6.45. The van der Waals surface area contributed by atoms with Crippen molar-refractivity contribution in [1.29, 1.82) is 0 Å². The summed E-state index contributed by atoms with van der Waals surface area (Å²) in [5.41, 5.74) is -0.248. The Morgan fingerprint density at radius 3 is 2.48 bits per heavy atom. The van der Waals surface area contributed by atoms with Crippen LogP contribution >= 0.6 is 0 Å². The minimum atomic E-state index is -1.22. The molecule has 0 spiro atoms. The van der Waals surface area contributed by atoms with Crippen molar-refractivity contribution in [3.05, 3.63) is 63.3 Å². The molecule has 1 aliphatic rings. The van der Waals surface area contributed by atoms with E-state index in [9.17, 15) is 19.8 Å². The zero-order valence-electron chi connectivity index (χ0n) is 13.6. The van der Waals surface area contributed by atoms with Crippen molar-refractivity contribution in [1.82, 2.24) is 0 Å². The maximum absolute atomic E-state index is 12.1. The van der Waals surface area contributed by atoms with Gasteiger partial charge in [0.2, 0.25) is 5.43 Å². The van der Waals surface area contributed by atoms with E-state index >= 15 is 0 Å². The number of hydrogen-bond acceptors (Lipinski definition) is 7. The Bertz CT molecular complexity index is 891. The number of esters is 1. The molecular formula is C18H16O7. The number of carbonyl (C=O) groups is 1. The fourth-order valence-electron chi connectivity index (χ4n) is 2.80. The molecule has 0 radical (unpaired) electrons. The minimum Gasteiger partial charge on any atom is -0.504 e. The summed E-state index contributed by atoms with van der Waals surface area (Å²) in [5.74, 6) is -0.647. The molecule has 0 fully saturated rings. The largest absolute Gasteiger partial charge is 0.504 e. The molecule has 7 heteroatoms. The molecule has 25 heavy (non-hydrogen) atoms. The summed E-state index contributed by atoms with van der Waals surface area (Å²) < 4.78 is 15.6. The monoisotopic (exact) mass is 344 g/mol. The van der Waals surface area contributed by atoms with Gasteiger partial charge >= 0.3 is 5.97 Å². The molecule has 0 aromatic heterocycles. The number of aromatic hydroxyl groups is 1. The number of rotatable bonds is 4. The van der Waals surface area contributed by atoms with Crippen LogP contribution in [0.15, 0.2) is 41.2 Å². The van der Waals surface area contributed by atoms with Gasteiger partial charge in [-0.15, -0.1) is 0 Å². The Balaban J connectivity index is 2.06. The highest BCUT2D eigenvalue weighted by Gasteiger charge is 2.39. The lowest BCUT2D eigenvalue weighted by atomic mass is 9.97. The Morgan fingerprint density at radius 1 is 1.08 bits per heavy atom. The third-order valence-electron chi connectivity index (χ3n) is 4.06. The van der Waals surface area contributed by atoms with Crippen LogP contribution < -0.4 is 14.9 Å². The van der Waals surface area contributed by atoms with Gasteiger partial charge in [-0.1, -0.05) is 18.2 Å². The van der Waals surface area contributed by atoms with E-state index in [1.54, 1.807) is 18.2 Å². The van der Waals surface area contributed by atoms with Gasteiger partial charge in [0.15, 0.2) is 23.4 Å². The van der Waals surface area contributed by atoms with E-state index in [2.05, 4.69) is 0 Å². The number of benzene rings is 1. The van der Waals surface area contributed by atoms with E-state index in [1.807, 2.05) is 0 Å². The van der Waals surface area contributed by atoms with Crippen molar-refractivity contribution < 1.29 is 29.2 Å². The van der Waals surface area contributed by atoms with Crippen molar-refractivity contribution >= 4 is 5.97 Å². The number of aliphatic hydroxyl groups is 1. The SMILES string of the molecule is COc1ccc([C@H](O)[C@@H]2OC(=O)c3c2cccc(=O)c3O)cc1OC. The maximum Gasteiger partial charge on any atom is 0.343 e. The van der Waals surface area contributed by atoms with Crippen LogP contribution in [0.1, 0.15) is 33.7 Å². The first-order chi connectivity index (χ1) is 12.0. The van der Waals surface area contributed by atoms with Crippen LogP contribution in [0.3, 0.4) is 0 Å². The molecule has 2 atom stereocenters. The molecule has 2 aromatic rings. The highest BCUT2D eigenvalue weighted by Crippen LogP contribution is 2.42. The van der Waals surface area contributed by atoms with Crippen LogP contribution in [-0.2, 0) is 4.74 Å². The Labute approximate surface area is 143 Å². The molecule has 1 heterocycles. The average molecular weight is 344 g/mol. The Kier molecular flexibility index (Phi) is 4.33. The van der Waals surface area contributed by atoms with Gasteiger partial charge in [0.1, 0.15) is 11.7 Å². The molecule has 2 N–H and O–H groups in total. The van der Waals surface area contributed by atoms with Crippen LogP contribution in [-0.4, -0.2) is 30.4 Å². The summed E-state index contributed by atoms with van der Waals surface area (Å²) in [7, 11) is 2.96. The highest BCUT2D eigenvalue weighted by atomic mass is 16.6. The predicted molar refractivity (Wildman–Crippen MR) is 87.0 cm³/mol. The summed E-state index contributed by atoms with van der Waals surface area (Å²) >= 11 is 0. The predicted octanol–water partition coefficient (Wildman–Crippen LogP) is 1.71. The van der Waals surface area contributed by atoms with Gasteiger partial charge < -0.3 is 24.4 Å². The number of hydrogen-bond donors (Lipinski definition) is 2. The zero-order chi connectivity index (χ0) is 18.1. The summed E-state index contributed by atoms with van der Waals surface area (Å²) in [5, 5.41) is 20.6. The van der Waals surface area contributed by atoms with Crippen molar-refractivity contribution in [3.63, 3.8) is 0 Å². The third-order valence-corrected chi connectivity index (χ3v) is 4.06. The third kappa shape index (κ3) is 2.78. The highest BCUT2D eigenvalue weighted by molar-refractivity contribution is 5.96. The molecule has 0 saturated carbocycles. The summed E-state index contributed by atoms with van der Waals surface area (Å²) in [6.07, 6.45) is -2.28. The van der Waals surface area contributed by atoms with Crippen molar-refractivity contribution in [2.45, 2.75) is 12.2 Å². The van der Waals surface area contributed by atoms with Crippen LogP contribution in [0.25, 0.3) is 0 Å². The topological polar surface area (TPSA) is 102 Å². The maximum atomic E-state index is 12.1. The first kappa shape index (κ1) is 16.8. The molecular weight excluding hydrogens is 328 g/mol. The molecule has 2 aromatic carbocycles. The lowest BCUT2D eigenvalue weighted by Gasteiger charge is -2.19. The van der Waals surface area contributed by atoms with E-state index in [-0.39, 0.29) is 11.1 Å². The van der Waals surface area contributed by atoms with Crippen LogP contribution in [0.4, 0.5) is 0 Å². The smallest absolute Gasteiger partial charge is 0.343 e. The van der Waals surface area contributed by atoms with E-state index < -0.39 is 29.4 Å². The van der Waals surface area contributed by atoms with Crippen LogP contribution in [0.2, 0.25) is 0 Å². The Hall–Kier alpha value is -3.06. The molecule has 0 aliphatic carbocycles. The molecule has 0 amide bonds.